The van der Waals surface area contributed by atoms with Crippen molar-refractivity contribution in [1.29, 1.82) is 5.26 Å². The van der Waals surface area contributed by atoms with Crippen molar-refractivity contribution in [2.45, 2.75) is 6.92 Å². The quantitative estimate of drug-likeness (QED) is 0.234. The Kier molecular flexibility index (Phi) is 9.96. The first-order valence-electron chi connectivity index (χ1n) is 2.82. The maximum atomic E-state index is 10.8. The van der Waals surface area contributed by atoms with Crippen molar-refractivity contribution in [1.82, 2.24) is 0 Å². The Morgan fingerprint density at radius 1 is 1.58 bits per heavy atom. The van der Waals surface area contributed by atoms with Gasteiger partial charge in [0.25, 0.3) is 0 Å². The Hall–Kier alpha value is 0.400. The van der Waals surface area contributed by atoms with Crippen LogP contribution in [-0.4, -0.2) is 42.1 Å². The standard InChI is InChI=1S/C6H7NO2S2.Na/c1-2-9-5(8)4(3-7)6(10)11;/h10-11H,2H2,1H3;. The third-order valence-electron chi connectivity index (χ3n) is 0.815. The molecular formula is C6H7NNaO2S2. The van der Waals surface area contributed by atoms with Gasteiger partial charge >= 0.3 is 5.97 Å². The van der Waals surface area contributed by atoms with E-state index in [2.05, 4.69) is 30.0 Å². The number of carbonyl (C=O) groups excluding carboxylic acids is 1. The van der Waals surface area contributed by atoms with Crippen LogP contribution in [0, 0.1) is 11.3 Å². The normalized spacial score (nSPS) is 7.50. The average molecular weight is 212 g/mol. The van der Waals surface area contributed by atoms with Gasteiger partial charge in [-0.3, -0.25) is 0 Å². The van der Waals surface area contributed by atoms with Crippen LogP contribution < -0.4 is 0 Å². The minimum Gasteiger partial charge on any atom is -0.462 e. The molecule has 0 saturated carbocycles. The molecular weight excluding hydrogens is 205 g/mol. The van der Waals surface area contributed by atoms with Crippen LogP contribution in [0.4, 0.5) is 0 Å². The topological polar surface area (TPSA) is 50.1 Å². The molecule has 0 amide bonds. The first-order chi connectivity index (χ1) is 5.13. The van der Waals surface area contributed by atoms with Crippen LogP contribution in [0.1, 0.15) is 6.92 Å². The number of carbonyl (C=O) groups is 1. The van der Waals surface area contributed by atoms with E-state index in [4.69, 9.17) is 5.26 Å². The Morgan fingerprint density at radius 2 is 2.08 bits per heavy atom. The molecule has 0 aliphatic heterocycles. The molecule has 0 atom stereocenters. The second-order valence-corrected chi connectivity index (χ2v) is 2.78. The molecule has 0 fully saturated rings. The van der Waals surface area contributed by atoms with Crippen molar-refractivity contribution in [2.24, 2.45) is 0 Å². The van der Waals surface area contributed by atoms with Gasteiger partial charge in [-0.2, -0.15) is 5.26 Å². The number of thiol groups is 2. The minimum absolute atomic E-state index is 0. The van der Waals surface area contributed by atoms with Crippen LogP contribution in [0.5, 0.6) is 0 Å². The summed E-state index contributed by atoms with van der Waals surface area (Å²) in [7, 11) is 0. The summed E-state index contributed by atoms with van der Waals surface area (Å²) in [5, 5.41) is 8.39. The summed E-state index contributed by atoms with van der Waals surface area (Å²) >= 11 is 7.45. The molecule has 0 aromatic carbocycles. The maximum Gasteiger partial charge on any atom is 0.350 e. The molecule has 0 spiro atoms. The second kappa shape index (κ2) is 8.02. The predicted octanol–water partition coefficient (Wildman–Crippen LogP) is 0.763. The van der Waals surface area contributed by atoms with Gasteiger partial charge < -0.3 is 4.74 Å². The van der Waals surface area contributed by atoms with Gasteiger partial charge in [-0.15, -0.1) is 25.3 Å². The Morgan fingerprint density at radius 3 is 2.33 bits per heavy atom. The van der Waals surface area contributed by atoms with E-state index >= 15 is 0 Å². The zero-order valence-corrected chi connectivity index (χ0v) is 10.7. The fraction of sp³-hybridized carbons (Fsp3) is 0.333. The Labute approximate surface area is 104 Å². The van der Waals surface area contributed by atoms with E-state index in [0.29, 0.717) is 0 Å². The number of nitrogens with zero attached hydrogens (tertiary/aromatic N) is 1. The number of rotatable bonds is 2. The third-order valence-corrected chi connectivity index (χ3v) is 1.26. The number of hydrogen-bond acceptors (Lipinski definition) is 5. The second-order valence-electron chi connectivity index (χ2n) is 1.53. The molecule has 0 N–H and O–H groups in total. The smallest absolute Gasteiger partial charge is 0.350 e. The summed E-state index contributed by atoms with van der Waals surface area (Å²) < 4.78 is 4.61. The van der Waals surface area contributed by atoms with Crippen LogP contribution in [0.2, 0.25) is 0 Å². The molecule has 1 radical (unpaired) electrons. The third kappa shape index (κ3) is 5.12. The largest absolute Gasteiger partial charge is 0.462 e. The predicted molar refractivity (Wildman–Crippen MR) is 53.0 cm³/mol. The summed E-state index contributed by atoms with van der Waals surface area (Å²) in [6.45, 7) is 1.89. The summed E-state index contributed by atoms with van der Waals surface area (Å²) in [5.74, 6) is -0.685. The van der Waals surface area contributed by atoms with Crippen LogP contribution in [-0.2, 0) is 9.53 Å². The van der Waals surface area contributed by atoms with Crippen molar-refractivity contribution >= 4 is 60.8 Å². The van der Waals surface area contributed by atoms with E-state index in [9.17, 15) is 4.79 Å². The number of esters is 1. The zero-order valence-electron chi connectivity index (χ0n) is 6.87. The molecule has 0 aromatic rings. The molecule has 6 heteroatoms. The Balaban J connectivity index is 0. The monoisotopic (exact) mass is 212 g/mol. The molecule has 3 nitrogen and oxygen atoms in total. The zero-order chi connectivity index (χ0) is 8.85. The van der Waals surface area contributed by atoms with Crippen molar-refractivity contribution < 1.29 is 9.53 Å². The van der Waals surface area contributed by atoms with Crippen LogP contribution in [0.3, 0.4) is 0 Å². The SMILES string of the molecule is CCOC(=O)C(C#N)=C(S)S.[Na]. The van der Waals surface area contributed by atoms with Crippen molar-refractivity contribution in [3.8, 4) is 6.07 Å². The molecule has 0 rings (SSSR count). The fourth-order valence-corrected chi connectivity index (χ4v) is 0.673. The molecule has 61 valence electrons. The van der Waals surface area contributed by atoms with Gasteiger partial charge in [0, 0.05) is 29.6 Å². The molecule has 0 bridgehead atoms. The summed E-state index contributed by atoms with van der Waals surface area (Å²) in [6, 6.07) is 1.64. The van der Waals surface area contributed by atoms with Crippen LogP contribution >= 0.6 is 25.3 Å². The number of ether oxygens (including phenoxy) is 1. The fourth-order valence-electron chi connectivity index (χ4n) is 0.390. The van der Waals surface area contributed by atoms with E-state index in [-0.39, 0.29) is 46.0 Å². The van der Waals surface area contributed by atoms with Gasteiger partial charge in [-0.25, -0.2) is 4.79 Å². The molecule has 12 heavy (non-hydrogen) atoms. The molecule has 0 aliphatic carbocycles. The number of hydrogen-bond donors (Lipinski definition) is 2. The van der Waals surface area contributed by atoms with E-state index < -0.39 is 5.97 Å². The number of nitriles is 1. The van der Waals surface area contributed by atoms with E-state index in [0.717, 1.165) is 0 Å². The molecule has 0 aliphatic rings. The molecule has 0 heterocycles. The summed E-state index contributed by atoms with van der Waals surface area (Å²) in [6.07, 6.45) is 0. The van der Waals surface area contributed by atoms with Gasteiger partial charge in [-0.1, -0.05) is 0 Å². The van der Waals surface area contributed by atoms with E-state index in [1.165, 1.54) is 0 Å². The van der Waals surface area contributed by atoms with Crippen molar-refractivity contribution in [3.63, 3.8) is 0 Å². The van der Waals surface area contributed by atoms with Gasteiger partial charge in [0.2, 0.25) is 0 Å². The summed E-state index contributed by atoms with van der Waals surface area (Å²) in [5.41, 5.74) is -0.168. The van der Waals surface area contributed by atoms with Gasteiger partial charge in [0.1, 0.15) is 6.07 Å². The van der Waals surface area contributed by atoms with Gasteiger partial charge in [0.15, 0.2) is 5.57 Å². The van der Waals surface area contributed by atoms with Gasteiger partial charge in [-0.05, 0) is 6.92 Å². The van der Waals surface area contributed by atoms with Gasteiger partial charge in [0.05, 0.1) is 10.8 Å². The van der Waals surface area contributed by atoms with E-state index in [1.54, 1.807) is 13.0 Å². The van der Waals surface area contributed by atoms with Crippen molar-refractivity contribution in [2.75, 3.05) is 6.61 Å². The molecule has 0 aromatic heterocycles. The maximum absolute atomic E-state index is 10.8. The Bertz CT molecular complexity index is 230. The van der Waals surface area contributed by atoms with E-state index in [1.807, 2.05) is 0 Å². The first-order valence-corrected chi connectivity index (χ1v) is 3.72. The first kappa shape index (κ1) is 14.9. The molecule has 0 unspecified atom stereocenters. The summed E-state index contributed by atoms with van der Waals surface area (Å²) in [4.78, 5) is 10.8. The minimum atomic E-state index is -0.685. The van der Waals surface area contributed by atoms with Crippen LogP contribution in [0.25, 0.3) is 0 Å². The van der Waals surface area contributed by atoms with Crippen LogP contribution in [0.15, 0.2) is 9.81 Å². The molecule has 0 saturated heterocycles. The average Bonchev–Trinajstić information content (AvgIpc) is 1.88. The van der Waals surface area contributed by atoms with Crippen molar-refractivity contribution in [3.05, 3.63) is 9.81 Å².